The zero-order valence-electron chi connectivity index (χ0n) is 23.4. The predicted molar refractivity (Wildman–Crippen MR) is 168 cm³/mol. The lowest BCUT2D eigenvalue weighted by Gasteiger charge is -2.24. The molecular weight excluding hydrogens is 640 g/mol. The van der Waals surface area contributed by atoms with Crippen molar-refractivity contribution in [3.8, 4) is 11.5 Å². The SMILES string of the molecule is CCOC(=O)C1=C(C)N=c2s/c(=C/c3cc(OC)c(OCc4ccc(Cl)cc4)cc3Br)c(=O)n2[C@@H]1c1ccc(C)cc1. The van der Waals surface area contributed by atoms with Gasteiger partial charge in [0.15, 0.2) is 16.3 Å². The van der Waals surface area contributed by atoms with E-state index in [9.17, 15) is 9.59 Å². The molecule has 2 heterocycles. The molecule has 0 aliphatic carbocycles. The first kappa shape index (κ1) is 29.8. The molecule has 0 radical (unpaired) electrons. The Kier molecular flexibility index (Phi) is 9.01. The molecule has 5 rings (SSSR count). The summed E-state index contributed by atoms with van der Waals surface area (Å²) in [6, 6.07) is 18.2. The highest BCUT2D eigenvalue weighted by Gasteiger charge is 2.33. The van der Waals surface area contributed by atoms with Crippen LogP contribution in [0.15, 0.2) is 86.2 Å². The Bertz CT molecular complexity index is 1860. The number of esters is 1. The van der Waals surface area contributed by atoms with Gasteiger partial charge in [0.25, 0.3) is 5.56 Å². The van der Waals surface area contributed by atoms with Gasteiger partial charge in [-0.3, -0.25) is 9.36 Å². The number of fused-ring (bicyclic) bond motifs is 1. The van der Waals surface area contributed by atoms with E-state index in [4.69, 9.17) is 25.8 Å². The van der Waals surface area contributed by atoms with E-state index in [1.54, 1.807) is 31.6 Å². The lowest BCUT2D eigenvalue weighted by Crippen LogP contribution is -2.39. The summed E-state index contributed by atoms with van der Waals surface area (Å²) < 4.78 is 19.8. The minimum absolute atomic E-state index is 0.218. The number of carbonyl (C=O) groups is 1. The first-order chi connectivity index (χ1) is 20.2. The molecule has 10 heteroatoms. The average molecular weight is 668 g/mol. The number of allylic oxidation sites excluding steroid dienone is 1. The molecule has 1 atom stereocenters. The molecule has 0 unspecified atom stereocenters. The highest BCUT2D eigenvalue weighted by atomic mass is 79.9. The van der Waals surface area contributed by atoms with E-state index in [2.05, 4.69) is 20.9 Å². The summed E-state index contributed by atoms with van der Waals surface area (Å²) in [6.07, 6.45) is 1.79. The van der Waals surface area contributed by atoms with Gasteiger partial charge in [0, 0.05) is 9.50 Å². The topological polar surface area (TPSA) is 79.1 Å². The third-order valence-corrected chi connectivity index (χ3v) is 8.71. The second-order valence-electron chi connectivity index (χ2n) is 9.65. The minimum Gasteiger partial charge on any atom is -0.493 e. The number of halogens is 2. The third kappa shape index (κ3) is 6.09. The van der Waals surface area contributed by atoms with Crippen LogP contribution in [-0.4, -0.2) is 24.3 Å². The Morgan fingerprint density at radius 3 is 2.48 bits per heavy atom. The van der Waals surface area contributed by atoms with Gasteiger partial charge in [0.2, 0.25) is 0 Å². The Morgan fingerprint density at radius 2 is 1.81 bits per heavy atom. The van der Waals surface area contributed by atoms with E-state index in [1.165, 1.54) is 11.3 Å². The normalized spacial score (nSPS) is 14.8. The van der Waals surface area contributed by atoms with Crippen molar-refractivity contribution in [2.45, 2.75) is 33.4 Å². The zero-order valence-corrected chi connectivity index (χ0v) is 26.6. The molecule has 0 saturated heterocycles. The minimum atomic E-state index is -0.662. The van der Waals surface area contributed by atoms with Gasteiger partial charge in [-0.05, 0) is 67.8 Å². The van der Waals surface area contributed by atoms with Crippen molar-refractivity contribution in [1.82, 2.24) is 4.57 Å². The molecule has 216 valence electrons. The lowest BCUT2D eigenvalue weighted by molar-refractivity contribution is -0.139. The van der Waals surface area contributed by atoms with Crippen LogP contribution in [0.4, 0.5) is 0 Å². The van der Waals surface area contributed by atoms with Gasteiger partial charge in [-0.2, -0.15) is 0 Å². The third-order valence-electron chi connectivity index (χ3n) is 6.79. The van der Waals surface area contributed by atoms with Gasteiger partial charge in [-0.25, -0.2) is 9.79 Å². The summed E-state index contributed by atoms with van der Waals surface area (Å²) in [4.78, 5) is 32.2. The van der Waals surface area contributed by atoms with E-state index in [0.717, 1.165) is 26.7 Å². The lowest BCUT2D eigenvalue weighted by atomic mass is 9.95. The van der Waals surface area contributed by atoms with Gasteiger partial charge in [0.05, 0.1) is 35.6 Å². The number of hydrogen-bond donors (Lipinski definition) is 0. The van der Waals surface area contributed by atoms with Crippen molar-refractivity contribution in [2.75, 3.05) is 13.7 Å². The van der Waals surface area contributed by atoms with Crippen LogP contribution in [0.25, 0.3) is 6.08 Å². The molecule has 0 spiro atoms. The Balaban J connectivity index is 1.57. The number of thiazole rings is 1. The number of methoxy groups -OCH3 is 1. The molecular formula is C32H28BrClN2O5S. The molecule has 0 fully saturated rings. The number of carbonyl (C=O) groups excluding carboxylic acids is 1. The Morgan fingerprint density at radius 1 is 1.10 bits per heavy atom. The van der Waals surface area contributed by atoms with Crippen LogP contribution >= 0.6 is 38.9 Å². The highest BCUT2D eigenvalue weighted by molar-refractivity contribution is 9.10. The summed E-state index contributed by atoms with van der Waals surface area (Å²) in [5.41, 5.74) is 4.18. The van der Waals surface area contributed by atoms with Crippen LogP contribution < -0.4 is 24.4 Å². The van der Waals surface area contributed by atoms with Gasteiger partial charge in [-0.15, -0.1) is 0 Å². The smallest absolute Gasteiger partial charge is 0.338 e. The number of aryl methyl sites for hydroxylation is 1. The molecule has 1 aliphatic rings. The van der Waals surface area contributed by atoms with Gasteiger partial charge in [-0.1, -0.05) is 80.8 Å². The van der Waals surface area contributed by atoms with Crippen LogP contribution in [-0.2, 0) is 16.1 Å². The van der Waals surface area contributed by atoms with E-state index < -0.39 is 12.0 Å². The number of aromatic nitrogens is 1. The number of hydrogen-bond acceptors (Lipinski definition) is 7. The summed E-state index contributed by atoms with van der Waals surface area (Å²) in [5, 5.41) is 0.658. The molecule has 1 aliphatic heterocycles. The molecule has 42 heavy (non-hydrogen) atoms. The number of nitrogens with zero attached hydrogens (tertiary/aromatic N) is 2. The summed E-state index contributed by atoms with van der Waals surface area (Å²) in [7, 11) is 1.57. The second kappa shape index (κ2) is 12.7. The fraction of sp³-hybridized carbons (Fsp3) is 0.219. The van der Waals surface area contributed by atoms with Crippen LogP contribution in [0.5, 0.6) is 11.5 Å². The molecule has 0 saturated carbocycles. The number of benzene rings is 3. The maximum atomic E-state index is 13.9. The van der Waals surface area contributed by atoms with Crippen LogP contribution in [0.2, 0.25) is 5.02 Å². The van der Waals surface area contributed by atoms with Crippen LogP contribution in [0.1, 0.15) is 42.1 Å². The zero-order chi connectivity index (χ0) is 30.0. The molecule has 7 nitrogen and oxygen atoms in total. The van der Waals surface area contributed by atoms with Crippen LogP contribution in [0, 0.1) is 6.92 Å². The fourth-order valence-electron chi connectivity index (χ4n) is 4.67. The average Bonchev–Trinajstić information content (AvgIpc) is 3.27. The molecule has 0 amide bonds. The molecule has 3 aromatic carbocycles. The van der Waals surface area contributed by atoms with E-state index in [-0.39, 0.29) is 12.2 Å². The van der Waals surface area contributed by atoms with Crippen molar-refractivity contribution >= 4 is 50.9 Å². The van der Waals surface area contributed by atoms with Crippen molar-refractivity contribution in [3.63, 3.8) is 0 Å². The quantitative estimate of drug-likeness (QED) is 0.212. The Labute approximate surface area is 260 Å². The highest BCUT2D eigenvalue weighted by Crippen LogP contribution is 2.35. The number of ether oxygens (including phenoxy) is 3. The van der Waals surface area contributed by atoms with Gasteiger partial charge in [0.1, 0.15) is 6.61 Å². The maximum absolute atomic E-state index is 13.9. The van der Waals surface area contributed by atoms with E-state index in [1.807, 2.05) is 67.6 Å². The predicted octanol–water partition coefficient (Wildman–Crippen LogP) is 6.11. The largest absolute Gasteiger partial charge is 0.493 e. The Hall–Kier alpha value is -3.66. The maximum Gasteiger partial charge on any atom is 0.338 e. The van der Waals surface area contributed by atoms with Gasteiger partial charge < -0.3 is 14.2 Å². The standard InChI is InChI=1S/C32H28BrClN2O5S/c1-5-40-31(38)28-19(3)35-32-36(29(28)21-10-6-18(2)7-11-21)30(37)27(42-32)15-22-14-25(39-4)26(16-24(22)33)41-17-20-8-12-23(34)13-9-20/h6-16,29H,5,17H2,1-4H3/b27-15+/t29-/m1/s1. The van der Waals surface area contributed by atoms with Crippen molar-refractivity contribution in [1.29, 1.82) is 0 Å². The van der Waals surface area contributed by atoms with Crippen LogP contribution in [0.3, 0.4) is 0 Å². The van der Waals surface area contributed by atoms with E-state index >= 15 is 0 Å². The second-order valence-corrected chi connectivity index (χ2v) is 12.0. The van der Waals surface area contributed by atoms with Crippen molar-refractivity contribution < 1.29 is 19.0 Å². The van der Waals surface area contributed by atoms with Gasteiger partial charge >= 0.3 is 5.97 Å². The number of rotatable bonds is 8. The molecule has 0 bridgehead atoms. The first-order valence-electron chi connectivity index (χ1n) is 13.2. The fourth-order valence-corrected chi connectivity index (χ4v) is 6.27. The summed E-state index contributed by atoms with van der Waals surface area (Å²) >= 11 is 10.9. The summed E-state index contributed by atoms with van der Waals surface area (Å²) in [6.45, 7) is 6.07. The van der Waals surface area contributed by atoms with Crippen molar-refractivity contribution in [2.24, 2.45) is 4.99 Å². The van der Waals surface area contributed by atoms with E-state index in [0.29, 0.717) is 43.7 Å². The molecule has 0 N–H and O–H groups in total. The monoisotopic (exact) mass is 666 g/mol. The summed E-state index contributed by atoms with van der Waals surface area (Å²) in [5.74, 6) is 0.580. The first-order valence-corrected chi connectivity index (χ1v) is 15.2. The molecule has 1 aromatic heterocycles. The van der Waals surface area contributed by atoms with Crippen molar-refractivity contribution in [3.05, 3.63) is 123 Å². The molecule has 4 aromatic rings.